The number of hydrogen-bond donors (Lipinski definition) is 3. The van der Waals surface area contributed by atoms with Gasteiger partial charge in [-0.3, -0.25) is 4.99 Å². The van der Waals surface area contributed by atoms with E-state index in [1.54, 1.807) is 17.8 Å². The Bertz CT molecular complexity index is 962. The molecule has 3 N–H and O–H groups in total. The van der Waals surface area contributed by atoms with Gasteiger partial charge in [0.2, 0.25) is 0 Å². The minimum Gasteiger partial charge on any atom is -0.379 e. The first-order chi connectivity index (χ1) is 15.8. The Morgan fingerprint density at radius 2 is 2.03 bits per heavy atom. The van der Waals surface area contributed by atoms with E-state index < -0.39 is 0 Å². The molecule has 178 valence electrons. The molecule has 0 aromatic heterocycles. The molecule has 1 aliphatic heterocycles. The Kier molecular flexibility index (Phi) is 10.9. The van der Waals surface area contributed by atoms with Crippen LogP contribution in [0.4, 0.5) is 15.8 Å². The fourth-order valence-corrected chi connectivity index (χ4v) is 3.90. The minimum atomic E-state index is -0.220. The SMILES string of the molecule is C=N/C(NCCN(C)/C=C\C=C(/C)F)=C1\CSC(CCNNc2cc(C)c(C)cc2N=C)=N1. The van der Waals surface area contributed by atoms with Crippen LogP contribution < -0.4 is 16.2 Å². The number of nitrogens with one attached hydrogen (secondary N) is 3. The van der Waals surface area contributed by atoms with Crippen molar-refractivity contribution >= 4 is 41.6 Å². The second-order valence-corrected chi connectivity index (χ2v) is 8.71. The highest BCUT2D eigenvalue weighted by Gasteiger charge is 2.16. The van der Waals surface area contributed by atoms with Crippen LogP contribution in [0.2, 0.25) is 0 Å². The lowest BCUT2D eigenvalue weighted by Gasteiger charge is -2.15. The molecular formula is C24H34FN7S. The number of likely N-dealkylation sites (N-methyl/N-ethyl adjacent to an activating group) is 1. The lowest BCUT2D eigenvalue weighted by molar-refractivity contribution is 0.451. The molecule has 0 radical (unpaired) electrons. The number of benzene rings is 1. The van der Waals surface area contributed by atoms with Crippen LogP contribution in [0.25, 0.3) is 0 Å². The molecule has 0 unspecified atom stereocenters. The summed E-state index contributed by atoms with van der Waals surface area (Å²) in [5.41, 5.74) is 11.5. The van der Waals surface area contributed by atoms with E-state index in [0.29, 0.717) is 12.4 Å². The largest absolute Gasteiger partial charge is 0.379 e. The Hall–Kier alpha value is -2.91. The van der Waals surface area contributed by atoms with E-state index in [4.69, 9.17) is 4.99 Å². The van der Waals surface area contributed by atoms with E-state index in [-0.39, 0.29) is 5.83 Å². The fraction of sp³-hybridized carbons (Fsp3) is 0.375. The highest BCUT2D eigenvalue weighted by Crippen LogP contribution is 2.28. The maximum atomic E-state index is 12.7. The third-order valence-corrected chi connectivity index (χ3v) is 6.01. The number of hydrazine groups is 1. The van der Waals surface area contributed by atoms with E-state index in [9.17, 15) is 4.39 Å². The van der Waals surface area contributed by atoms with Crippen molar-refractivity contribution in [2.45, 2.75) is 27.2 Å². The number of aliphatic imine (C=N–C) groups is 3. The number of hydrogen-bond acceptors (Lipinski definition) is 8. The minimum absolute atomic E-state index is 0.220. The Morgan fingerprint density at radius 1 is 1.27 bits per heavy atom. The molecule has 0 spiro atoms. The van der Waals surface area contributed by atoms with Crippen molar-refractivity contribution in [1.29, 1.82) is 0 Å². The quantitative estimate of drug-likeness (QED) is 0.166. The van der Waals surface area contributed by atoms with Crippen LogP contribution in [0.5, 0.6) is 0 Å². The summed E-state index contributed by atoms with van der Waals surface area (Å²) in [6, 6.07) is 4.09. The van der Waals surface area contributed by atoms with Crippen LogP contribution in [0.3, 0.4) is 0 Å². The van der Waals surface area contributed by atoms with Gasteiger partial charge in [-0.25, -0.2) is 19.8 Å². The van der Waals surface area contributed by atoms with E-state index >= 15 is 0 Å². The van der Waals surface area contributed by atoms with Crippen molar-refractivity contribution in [3.63, 3.8) is 0 Å². The summed E-state index contributed by atoms with van der Waals surface area (Å²) in [4.78, 5) is 14.9. The number of aryl methyl sites for hydroxylation is 2. The van der Waals surface area contributed by atoms with Gasteiger partial charge < -0.3 is 15.6 Å². The Balaban J connectivity index is 1.82. The van der Waals surface area contributed by atoms with Crippen molar-refractivity contribution in [1.82, 2.24) is 15.6 Å². The first-order valence-corrected chi connectivity index (χ1v) is 11.7. The maximum Gasteiger partial charge on any atom is 0.147 e. The standard InChI is InChI=1S/C24H34FN7S/c1-17-14-20(26-4)21(15-18(17)2)31-29-10-9-23-30-22(16-33-23)24(27-5)28-11-13-32(6)12-7-8-19(3)25/h7-8,12,14-15,28-29,31H,4-5,9-11,13,16H2,1-3,6H3/b12-7-,19-8+,24-22-. The molecule has 1 heterocycles. The molecule has 9 heteroatoms. The van der Waals surface area contributed by atoms with Crippen LogP contribution >= 0.6 is 11.8 Å². The van der Waals surface area contributed by atoms with Gasteiger partial charge in [-0.15, -0.1) is 11.8 Å². The molecule has 0 bridgehead atoms. The predicted molar refractivity (Wildman–Crippen MR) is 142 cm³/mol. The van der Waals surface area contributed by atoms with E-state index in [1.165, 1.54) is 24.1 Å². The van der Waals surface area contributed by atoms with E-state index in [2.05, 4.69) is 59.5 Å². The normalized spacial score (nSPS) is 15.4. The fourth-order valence-electron chi connectivity index (χ4n) is 2.97. The highest BCUT2D eigenvalue weighted by atomic mass is 32.2. The molecule has 1 aromatic carbocycles. The van der Waals surface area contributed by atoms with Gasteiger partial charge in [0.25, 0.3) is 0 Å². The molecule has 0 atom stereocenters. The number of halogens is 1. The lowest BCUT2D eigenvalue weighted by atomic mass is 10.1. The molecule has 1 aromatic rings. The highest BCUT2D eigenvalue weighted by molar-refractivity contribution is 8.14. The van der Waals surface area contributed by atoms with Crippen molar-refractivity contribution in [3.05, 3.63) is 59.0 Å². The van der Waals surface area contributed by atoms with Crippen LogP contribution in [-0.2, 0) is 0 Å². The van der Waals surface area contributed by atoms with Crippen LogP contribution in [-0.4, -0.2) is 55.8 Å². The topological polar surface area (TPSA) is 76.4 Å². The van der Waals surface area contributed by atoms with Crippen molar-refractivity contribution < 1.29 is 4.39 Å². The molecule has 0 amide bonds. The zero-order valence-corrected chi connectivity index (χ0v) is 20.7. The lowest BCUT2D eigenvalue weighted by Crippen LogP contribution is -2.25. The van der Waals surface area contributed by atoms with Crippen molar-refractivity contribution in [2.75, 3.05) is 37.9 Å². The summed E-state index contributed by atoms with van der Waals surface area (Å²) < 4.78 is 12.7. The van der Waals surface area contributed by atoms with Gasteiger partial charge in [-0.1, -0.05) is 0 Å². The number of allylic oxidation sites excluding steroid dienone is 3. The predicted octanol–water partition coefficient (Wildman–Crippen LogP) is 4.87. The Labute approximate surface area is 200 Å². The van der Waals surface area contributed by atoms with Crippen LogP contribution in [0.1, 0.15) is 24.5 Å². The molecule has 7 nitrogen and oxygen atoms in total. The third-order valence-electron chi connectivity index (χ3n) is 4.96. The first kappa shape index (κ1) is 26.3. The number of nitrogens with zero attached hydrogens (tertiary/aromatic N) is 4. The van der Waals surface area contributed by atoms with Gasteiger partial charge in [0.05, 0.1) is 27.9 Å². The van der Waals surface area contributed by atoms with Gasteiger partial charge in [0.1, 0.15) is 5.82 Å². The summed E-state index contributed by atoms with van der Waals surface area (Å²) in [6.45, 7) is 15.0. The molecule has 1 aliphatic rings. The van der Waals surface area contributed by atoms with Gasteiger partial charge in [0.15, 0.2) is 0 Å². The van der Waals surface area contributed by atoms with Crippen molar-refractivity contribution in [3.8, 4) is 0 Å². The second kappa shape index (κ2) is 13.6. The second-order valence-electron chi connectivity index (χ2n) is 7.66. The summed E-state index contributed by atoms with van der Waals surface area (Å²) in [5.74, 6) is 1.25. The smallest absolute Gasteiger partial charge is 0.147 e. The molecule has 0 fully saturated rings. The molecule has 0 saturated heterocycles. The first-order valence-electron chi connectivity index (χ1n) is 10.8. The number of rotatable bonds is 13. The monoisotopic (exact) mass is 471 g/mol. The van der Waals surface area contributed by atoms with Crippen molar-refractivity contribution in [2.24, 2.45) is 15.0 Å². The molecule has 2 rings (SSSR count). The van der Waals surface area contributed by atoms with E-state index in [0.717, 1.165) is 47.4 Å². The van der Waals surface area contributed by atoms with Gasteiger partial charge >= 0.3 is 0 Å². The summed E-state index contributed by atoms with van der Waals surface area (Å²) in [6.07, 6.45) is 5.73. The Morgan fingerprint density at radius 3 is 2.73 bits per heavy atom. The zero-order valence-electron chi connectivity index (χ0n) is 19.9. The zero-order chi connectivity index (χ0) is 24.2. The maximum absolute atomic E-state index is 12.7. The summed E-state index contributed by atoms with van der Waals surface area (Å²) in [7, 11) is 1.93. The number of thioether (sulfide) groups is 1. The molecule has 33 heavy (non-hydrogen) atoms. The van der Waals surface area contributed by atoms with Crippen LogP contribution in [0, 0.1) is 13.8 Å². The van der Waals surface area contributed by atoms with Crippen LogP contribution in [0.15, 0.2) is 62.8 Å². The molecule has 0 saturated carbocycles. The summed E-state index contributed by atoms with van der Waals surface area (Å²) in [5, 5.41) is 4.35. The summed E-state index contributed by atoms with van der Waals surface area (Å²) >= 11 is 1.71. The average molecular weight is 472 g/mol. The third kappa shape index (κ3) is 8.86. The molecule has 0 aliphatic carbocycles. The number of anilines is 1. The van der Waals surface area contributed by atoms with Gasteiger partial charge in [-0.05, 0) is 75.8 Å². The molecular weight excluding hydrogens is 437 g/mol. The average Bonchev–Trinajstić information content (AvgIpc) is 3.24. The van der Waals surface area contributed by atoms with Gasteiger partial charge in [0, 0.05) is 38.9 Å². The van der Waals surface area contributed by atoms with Gasteiger partial charge in [-0.2, -0.15) is 0 Å². The van der Waals surface area contributed by atoms with E-state index in [1.807, 2.05) is 24.2 Å².